The molecule has 0 spiro atoms. The molecule has 0 aliphatic carbocycles. The first-order chi connectivity index (χ1) is 15.4. The normalized spacial score (nSPS) is 10.4. The Bertz CT molecular complexity index is 1110. The Morgan fingerprint density at radius 1 is 0.812 bits per heavy atom. The number of ketones is 1. The minimum Gasteiger partial charge on any atom is -0.293 e. The van der Waals surface area contributed by atoms with Crippen molar-refractivity contribution in [2.75, 3.05) is 11.5 Å². The SMILES string of the molecule is Cc1ccc(C(=O)NNC(=O)CSc2cc(C)nc(SCC(=O)c3ccccc3)n2)cc1. The van der Waals surface area contributed by atoms with Crippen LogP contribution in [0.2, 0.25) is 0 Å². The molecule has 1 aromatic heterocycles. The van der Waals surface area contributed by atoms with Gasteiger partial charge in [-0.15, -0.1) is 0 Å². The summed E-state index contributed by atoms with van der Waals surface area (Å²) in [7, 11) is 0. The minimum atomic E-state index is -0.386. The molecule has 0 saturated heterocycles. The number of amides is 2. The number of benzene rings is 2. The van der Waals surface area contributed by atoms with Crippen molar-refractivity contribution < 1.29 is 14.4 Å². The van der Waals surface area contributed by atoms with E-state index >= 15 is 0 Å². The fraction of sp³-hybridized carbons (Fsp3) is 0.174. The van der Waals surface area contributed by atoms with Crippen LogP contribution in [0.4, 0.5) is 0 Å². The van der Waals surface area contributed by atoms with Gasteiger partial charge in [0.05, 0.1) is 11.5 Å². The molecule has 32 heavy (non-hydrogen) atoms. The molecule has 3 aromatic rings. The van der Waals surface area contributed by atoms with Crippen LogP contribution in [0.5, 0.6) is 0 Å². The molecule has 2 aromatic carbocycles. The van der Waals surface area contributed by atoms with Crippen molar-refractivity contribution in [3.05, 3.63) is 83.0 Å². The number of Topliss-reactive ketones (excluding diaryl/α,β-unsaturated/α-hetero) is 1. The molecule has 0 unspecified atom stereocenters. The lowest BCUT2D eigenvalue weighted by molar-refractivity contribution is -0.119. The number of hydrogen-bond acceptors (Lipinski definition) is 7. The number of carbonyl (C=O) groups excluding carboxylic acids is 3. The second kappa shape index (κ2) is 11.4. The summed E-state index contributed by atoms with van der Waals surface area (Å²) in [5, 5.41) is 1.09. The third kappa shape index (κ3) is 7.21. The first-order valence-corrected chi connectivity index (χ1v) is 11.7. The summed E-state index contributed by atoms with van der Waals surface area (Å²) in [4.78, 5) is 45.2. The first-order valence-electron chi connectivity index (χ1n) is 9.76. The summed E-state index contributed by atoms with van der Waals surface area (Å²) >= 11 is 2.48. The van der Waals surface area contributed by atoms with Gasteiger partial charge in [0.15, 0.2) is 10.9 Å². The van der Waals surface area contributed by atoms with Gasteiger partial charge in [0.2, 0.25) is 5.91 Å². The largest absolute Gasteiger partial charge is 0.293 e. The van der Waals surface area contributed by atoms with Crippen molar-refractivity contribution in [1.82, 2.24) is 20.8 Å². The molecule has 0 aliphatic heterocycles. The number of aryl methyl sites for hydroxylation is 2. The second-order valence-corrected chi connectivity index (χ2v) is 8.80. The van der Waals surface area contributed by atoms with Gasteiger partial charge in [-0.1, -0.05) is 71.6 Å². The zero-order valence-corrected chi connectivity index (χ0v) is 19.3. The van der Waals surface area contributed by atoms with E-state index in [-0.39, 0.29) is 29.1 Å². The summed E-state index contributed by atoms with van der Waals surface area (Å²) in [6, 6.07) is 17.9. The van der Waals surface area contributed by atoms with Gasteiger partial charge in [-0.2, -0.15) is 0 Å². The number of hydrogen-bond donors (Lipinski definition) is 2. The number of hydrazine groups is 1. The van der Waals surface area contributed by atoms with Crippen molar-refractivity contribution in [2.45, 2.75) is 24.0 Å². The third-order valence-electron chi connectivity index (χ3n) is 4.22. The highest BCUT2D eigenvalue weighted by Gasteiger charge is 2.11. The Morgan fingerprint density at radius 2 is 1.53 bits per heavy atom. The molecular formula is C23H22N4O3S2. The van der Waals surface area contributed by atoms with Crippen LogP contribution < -0.4 is 10.9 Å². The van der Waals surface area contributed by atoms with Gasteiger partial charge < -0.3 is 0 Å². The van der Waals surface area contributed by atoms with E-state index in [2.05, 4.69) is 20.8 Å². The van der Waals surface area contributed by atoms with Crippen molar-refractivity contribution >= 4 is 41.1 Å². The van der Waals surface area contributed by atoms with Crippen molar-refractivity contribution in [2.24, 2.45) is 0 Å². The molecule has 164 valence electrons. The van der Waals surface area contributed by atoms with Crippen LogP contribution in [0.3, 0.4) is 0 Å². The predicted molar refractivity (Wildman–Crippen MR) is 126 cm³/mol. The Kier molecular flexibility index (Phi) is 8.41. The first kappa shape index (κ1) is 23.5. The summed E-state index contributed by atoms with van der Waals surface area (Å²) < 4.78 is 0. The van der Waals surface area contributed by atoms with Crippen molar-refractivity contribution in [1.29, 1.82) is 0 Å². The van der Waals surface area contributed by atoms with Crippen LogP contribution in [-0.4, -0.2) is 39.1 Å². The van der Waals surface area contributed by atoms with Crippen LogP contribution in [0.25, 0.3) is 0 Å². The maximum Gasteiger partial charge on any atom is 0.269 e. The van der Waals surface area contributed by atoms with Gasteiger partial charge in [0, 0.05) is 16.8 Å². The number of carbonyl (C=O) groups is 3. The molecule has 0 atom stereocenters. The van der Waals surface area contributed by atoms with Gasteiger partial charge in [0.1, 0.15) is 5.03 Å². The topological polar surface area (TPSA) is 101 Å². The van der Waals surface area contributed by atoms with Crippen LogP contribution >= 0.6 is 23.5 Å². The maximum atomic E-state index is 12.3. The molecule has 2 N–H and O–H groups in total. The molecule has 0 radical (unpaired) electrons. The van der Waals surface area contributed by atoms with Crippen LogP contribution in [-0.2, 0) is 4.79 Å². The molecular weight excluding hydrogens is 444 g/mol. The lowest BCUT2D eigenvalue weighted by Crippen LogP contribution is -2.42. The van der Waals surface area contributed by atoms with E-state index in [1.54, 1.807) is 30.3 Å². The van der Waals surface area contributed by atoms with Gasteiger partial charge in [-0.05, 0) is 32.0 Å². The van der Waals surface area contributed by atoms with Gasteiger partial charge in [-0.25, -0.2) is 9.97 Å². The molecule has 0 aliphatic rings. The second-order valence-electron chi connectivity index (χ2n) is 6.87. The Balaban J connectivity index is 1.48. The summed E-state index contributed by atoms with van der Waals surface area (Å²) in [5.74, 6) is -0.456. The summed E-state index contributed by atoms with van der Waals surface area (Å²) in [6.45, 7) is 3.76. The maximum absolute atomic E-state index is 12.3. The highest BCUT2D eigenvalue weighted by Crippen LogP contribution is 2.21. The predicted octanol–water partition coefficient (Wildman–Crippen LogP) is 3.62. The standard InChI is InChI=1S/C23H22N4O3S2/c1-15-8-10-18(11-9-15)22(30)27-26-20(29)14-31-21-12-16(2)24-23(25-21)32-13-19(28)17-6-4-3-5-7-17/h3-12H,13-14H2,1-2H3,(H,26,29)(H,27,30). The zero-order valence-electron chi connectivity index (χ0n) is 17.6. The van der Waals surface area contributed by atoms with Crippen molar-refractivity contribution in [3.63, 3.8) is 0 Å². The number of rotatable bonds is 8. The Hall–Kier alpha value is -3.17. The lowest BCUT2D eigenvalue weighted by atomic mass is 10.1. The molecule has 0 bridgehead atoms. The lowest BCUT2D eigenvalue weighted by Gasteiger charge is -2.08. The van der Waals surface area contributed by atoms with E-state index in [0.29, 0.717) is 21.3 Å². The minimum absolute atomic E-state index is 0.00129. The van der Waals surface area contributed by atoms with Crippen LogP contribution in [0, 0.1) is 13.8 Å². The molecule has 2 amide bonds. The van der Waals surface area contributed by atoms with E-state index < -0.39 is 0 Å². The molecule has 9 heteroatoms. The number of aromatic nitrogens is 2. The number of nitrogens with zero attached hydrogens (tertiary/aromatic N) is 2. The Labute approximate surface area is 194 Å². The summed E-state index contributed by atoms with van der Waals surface area (Å²) in [5.41, 5.74) is 7.69. The highest BCUT2D eigenvalue weighted by molar-refractivity contribution is 8.00. The fourth-order valence-electron chi connectivity index (χ4n) is 2.57. The van der Waals surface area contributed by atoms with E-state index in [1.165, 1.54) is 23.5 Å². The smallest absolute Gasteiger partial charge is 0.269 e. The quantitative estimate of drug-likeness (QED) is 0.172. The van der Waals surface area contributed by atoms with Gasteiger partial charge in [-0.3, -0.25) is 25.2 Å². The third-order valence-corrected chi connectivity index (χ3v) is 5.98. The fourth-order valence-corrected chi connectivity index (χ4v) is 4.18. The van der Waals surface area contributed by atoms with E-state index in [9.17, 15) is 14.4 Å². The molecule has 0 fully saturated rings. The van der Waals surface area contributed by atoms with Crippen LogP contribution in [0.15, 0.2) is 70.8 Å². The van der Waals surface area contributed by atoms with E-state index in [1.807, 2.05) is 44.2 Å². The average Bonchev–Trinajstić information content (AvgIpc) is 2.80. The highest BCUT2D eigenvalue weighted by atomic mass is 32.2. The van der Waals surface area contributed by atoms with Crippen molar-refractivity contribution in [3.8, 4) is 0 Å². The average molecular weight is 467 g/mol. The number of nitrogens with one attached hydrogen (secondary N) is 2. The molecule has 0 saturated carbocycles. The van der Waals surface area contributed by atoms with E-state index in [4.69, 9.17) is 0 Å². The molecule has 3 rings (SSSR count). The van der Waals surface area contributed by atoms with Gasteiger partial charge >= 0.3 is 0 Å². The van der Waals surface area contributed by atoms with E-state index in [0.717, 1.165) is 11.3 Å². The zero-order chi connectivity index (χ0) is 22.9. The molecule has 7 nitrogen and oxygen atoms in total. The van der Waals surface area contributed by atoms with Gasteiger partial charge in [0.25, 0.3) is 5.91 Å². The monoisotopic (exact) mass is 466 g/mol. The Morgan fingerprint density at radius 3 is 2.25 bits per heavy atom. The summed E-state index contributed by atoms with van der Waals surface area (Å²) in [6.07, 6.45) is 0. The number of thioether (sulfide) groups is 2. The van der Waals surface area contributed by atoms with Crippen LogP contribution in [0.1, 0.15) is 32.0 Å². The molecule has 1 heterocycles.